The maximum atomic E-state index is 12.9. The van der Waals surface area contributed by atoms with Gasteiger partial charge in [-0.3, -0.25) is 4.84 Å². The van der Waals surface area contributed by atoms with Gasteiger partial charge in [0.25, 0.3) is 0 Å². The molecule has 0 aliphatic carbocycles. The van der Waals surface area contributed by atoms with Gasteiger partial charge in [0.05, 0.1) is 6.54 Å². The van der Waals surface area contributed by atoms with Gasteiger partial charge in [0.15, 0.2) is 6.04 Å². The monoisotopic (exact) mass is 433 g/mol. The van der Waals surface area contributed by atoms with Crippen LogP contribution in [0.2, 0.25) is 0 Å². The van der Waals surface area contributed by atoms with Crippen molar-refractivity contribution in [2.45, 2.75) is 18.7 Å². The molecule has 10 heteroatoms. The summed E-state index contributed by atoms with van der Waals surface area (Å²) < 4.78 is 1.06. The minimum absolute atomic E-state index is 0.129. The number of nitrogens with zero attached hydrogens (tertiary/aromatic N) is 4. The predicted molar refractivity (Wildman–Crippen MR) is 111 cm³/mol. The van der Waals surface area contributed by atoms with Crippen LogP contribution in [0.4, 0.5) is 15.3 Å². The van der Waals surface area contributed by atoms with Crippen LogP contribution >= 0.6 is 0 Å². The first-order valence-corrected chi connectivity index (χ1v) is 9.98. The number of aromatic nitrogens is 2. The maximum absolute atomic E-state index is 12.9. The minimum Gasteiger partial charge on any atom is -0.479 e. The fourth-order valence-corrected chi connectivity index (χ4v) is 3.98. The van der Waals surface area contributed by atoms with Crippen molar-refractivity contribution >= 4 is 23.7 Å². The highest BCUT2D eigenvalue weighted by molar-refractivity contribution is 5.91. The molecule has 3 heterocycles. The van der Waals surface area contributed by atoms with Crippen LogP contribution in [0.3, 0.4) is 0 Å². The Kier molecular flexibility index (Phi) is 4.83. The van der Waals surface area contributed by atoms with E-state index in [0.717, 1.165) is 10.2 Å². The molecule has 162 valence electrons. The topological polar surface area (TPSA) is 117 Å². The molecular formula is C22H19N5O5. The Balaban J connectivity index is 1.44. The number of amides is 3. The van der Waals surface area contributed by atoms with Crippen molar-refractivity contribution in [3.05, 3.63) is 83.7 Å². The van der Waals surface area contributed by atoms with Gasteiger partial charge in [0, 0.05) is 17.4 Å². The van der Waals surface area contributed by atoms with Crippen LogP contribution in [0, 0.1) is 0 Å². The van der Waals surface area contributed by atoms with Gasteiger partial charge >= 0.3 is 18.0 Å². The number of hydrogen-bond donors (Lipinski definition) is 2. The van der Waals surface area contributed by atoms with E-state index in [0.29, 0.717) is 11.3 Å². The number of anilines is 1. The molecule has 2 N–H and O–H groups in total. The molecule has 0 unspecified atom stereocenters. The molecule has 1 saturated heterocycles. The molecular weight excluding hydrogens is 414 g/mol. The molecule has 32 heavy (non-hydrogen) atoms. The number of hydrogen-bond acceptors (Lipinski definition) is 5. The molecule has 2 aliphatic heterocycles. The van der Waals surface area contributed by atoms with E-state index in [1.165, 1.54) is 16.2 Å². The molecule has 5 rings (SSSR count). The first-order valence-electron chi connectivity index (χ1n) is 9.98. The van der Waals surface area contributed by atoms with E-state index in [1.807, 2.05) is 36.4 Å². The summed E-state index contributed by atoms with van der Waals surface area (Å²) in [5, 5.41) is 17.9. The summed E-state index contributed by atoms with van der Waals surface area (Å²) in [6.45, 7) is 0.274. The van der Waals surface area contributed by atoms with E-state index >= 15 is 0 Å². The summed E-state index contributed by atoms with van der Waals surface area (Å²) in [5.74, 6) is -1.23. The Morgan fingerprint density at radius 1 is 1.09 bits per heavy atom. The highest BCUT2D eigenvalue weighted by atomic mass is 16.7. The molecule has 2 aromatic carbocycles. The zero-order valence-corrected chi connectivity index (χ0v) is 16.8. The smallest absolute Gasteiger partial charge is 0.346 e. The van der Waals surface area contributed by atoms with E-state index in [-0.39, 0.29) is 18.8 Å². The Morgan fingerprint density at radius 3 is 2.47 bits per heavy atom. The van der Waals surface area contributed by atoms with Gasteiger partial charge < -0.3 is 15.3 Å². The quantitative estimate of drug-likeness (QED) is 0.639. The van der Waals surface area contributed by atoms with Gasteiger partial charge in [-0.1, -0.05) is 48.5 Å². The second-order valence-corrected chi connectivity index (χ2v) is 7.49. The fourth-order valence-electron chi connectivity index (χ4n) is 3.98. The first kappa shape index (κ1) is 19.8. The van der Waals surface area contributed by atoms with Crippen LogP contribution in [-0.4, -0.2) is 49.4 Å². The average molecular weight is 433 g/mol. The summed E-state index contributed by atoms with van der Waals surface area (Å²) in [7, 11) is 0. The zero-order valence-electron chi connectivity index (χ0n) is 16.8. The molecule has 3 amide bonds. The molecule has 2 atom stereocenters. The van der Waals surface area contributed by atoms with Crippen LogP contribution in [0.5, 0.6) is 0 Å². The molecule has 0 radical (unpaired) electrons. The fraction of sp³-hybridized carbons (Fsp3) is 0.182. The van der Waals surface area contributed by atoms with Gasteiger partial charge in [0.1, 0.15) is 18.3 Å². The number of nitrogens with one attached hydrogen (secondary N) is 1. The van der Waals surface area contributed by atoms with Crippen LogP contribution in [0.15, 0.2) is 66.9 Å². The average Bonchev–Trinajstić information content (AvgIpc) is 3.35. The van der Waals surface area contributed by atoms with Crippen LogP contribution < -0.4 is 5.32 Å². The highest BCUT2D eigenvalue weighted by Crippen LogP contribution is 2.43. The van der Waals surface area contributed by atoms with E-state index in [2.05, 4.69) is 10.4 Å². The lowest BCUT2D eigenvalue weighted by Gasteiger charge is -2.26. The number of benzene rings is 2. The highest BCUT2D eigenvalue weighted by Gasteiger charge is 2.53. The number of carboxylic acid groups (broad SMARTS) is 1. The lowest BCUT2D eigenvalue weighted by atomic mass is 9.98. The number of para-hydroxylation sites is 1. The minimum atomic E-state index is -1.30. The number of carboxylic acids is 1. The normalized spacial score (nSPS) is 19.1. The Hall–Kier alpha value is -4.18. The Labute approximate surface area is 182 Å². The molecule has 1 fully saturated rings. The largest absolute Gasteiger partial charge is 0.479 e. The summed E-state index contributed by atoms with van der Waals surface area (Å²) in [4.78, 5) is 44.6. The third kappa shape index (κ3) is 3.36. The summed E-state index contributed by atoms with van der Waals surface area (Å²) in [6.07, 6.45) is 1.46. The van der Waals surface area contributed by atoms with Crippen molar-refractivity contribution < 1.29 is 24.3 Å². The first-order chi connectivity index (χ1) is 15.5. The summed E-state index contributed by atoms with van der Waals surface area (Å²) in [5.41, 5.74) is 2.06. The standard InChI is InChI=1S/C22H19N5O5/c28-20(29)19-18-16(11-26(24-18)21(30)23-15-9-5-2-6-10-15)17-12-25(19)22(31)27(17)32-13-14-7-3-1-4-8-14/h1-11,17,19H,12-13H2,(H,23,30)(H,28,29)/t17-,19+/m1/s1. The number of carbonyl (C=O) groups excluding carboxylic acids is 2. The van der Waals surface area contributed by atoms with Crippen molar-refractivity contribution in [2.75, 3.05) is 11.9 Å². The predicted octanol–water partition coefficient (Wildman–Crippen LogP) is 3.01. The van der Waals surface area contributed by atoms with Gasteiger partial charge in [0.2, 0.25) is 0 Å². The number of carbonyl (C=O) groups is 3. The third-order valence-corrected chi connectivity index (χ3v) is 5.47. The number of aliphatic carboxylic acids is 1. The third-order valence-electron chi connectivity index (χ3n) is 5.47. The number of rotatable bonds is 5. The summed E-state index contributed by atoms with van der Waals surface area (Å²) in [6, 6.07) is 15.2. The number of urea groups is 1. The molecule has 0 spiro atoms. The zero-order chi connectivity index (χ0) is 22.2. The SMILES string of the molecule is O=C(O)[C@@H]1c2nn(C(=O)Nc3ccccc3)cc2[C@H]2CN1C(=O)N2OCc1ccccc1. The van der Waals surface area contributed by atoms with Gasteiger partial charge in [-0.2, -0.15) is 14.8 Å². The van der Waals surface area contributed by atoms with Gasteiger partial charge in [-0.25, -0.2) is 14.4 Å². The van der Waals surface area contributed by atoms with E-state index in [1.54, 1.807) is 24.3 Å². The lowest BCUT2D eigenvalue weighted by molar-refractivity contribution is -0.143. The number of hydroxylamine groups is 2. The second-order valence-electron chi connectivity index (χ2n) is 7.49. The van der Waals surface area contributed by atoms with Crippen molar-refractivity contribution in [1.29, 1.82) is 0 Å². The molecule has 2 aliphatic rings. The van der Waals surface area contributed by atoms with E-state index in [4.69, 9.17) is 4.84 Å². The molecule has 1 aromatic heterocycles. The maximum Gasteiger partial charge on any atom is 0.346 e. The molecule has 3 aromatic rings. The molecule has 2 bridgehead atoms. The van der Waals surface area contributed by atoms with E-state index < -0.39 is 30.1 Å². The Bertz CT molecular complexity index is 1180. The van der Waals surface area contributed by atoms with Gasteiger partial charge in [-0.05, 0) is 17.7 Å². The Morgan fingerprint density at radius 2 is 1.78 bits per heavy atom. The van der Waals surface area contributed by atoms with Gasteiger partial charge in [-0.15, -0.1) is 0 Å². The lowest BCUT2D eigenvalue weighted by Crippen LogP contribution is -2.38. The van der Waals surface area contributed by atoms with E-state index in [9.17, 15) is 19.5 Å². The van der Waals surface area contributed by atoms with Crippen molar-refractivity contribution in [3.8, 4) is 0 Å². The second kappa shape index (κ2) is 7.82. The van der Waals surface area contributed by atoms with Crippen molar-refractivity contribution in [2.24, 2.45) is 0 Å². The van der Waals surface area contributed by atoms with Crippen molar-refractivity contribution in [3.63, 3.8) is 0 Å². The van der Waals surface area contributed by atoms with Crippen molar-refractivity contribution in [1.82, 2.24) is 19.7 Å². The molecule has 0 saturated carbocycles. The van der Waals surface area contributed by atoms with Crippen LogP contribution in [0.25, 0.3) is 0 Å². The van der Waals surface area contributed by atoms with Crippen LogP contribution in [0.1, 0.15) is 28.9 Å². The summed E-state index contributed by atoms with van der Waals surface area (Å²) >= 11 is 0. The number of fused-ring (bicyclic) bond motifs is 4. The molecule has 10 nitrogen and oxygen atoms in total. The van der Waals surface area contributed by atoms with Crippen LogP contribution in [-0.2, 0) is 16.2 Å².